The average molecular weight is 451 g/mol. The number of amides is 2. The molecule has 4 rings (SSSR count). The fraction of sp³-hybridized carbons (Fsp3) is 0.480. The minimum atomic E-state index is -0.737. The Morgan fingerprint density at radius 3 is 2.45 bits per heavy atom. The summed E-state index contributed by atoms with van der Waals surface area (Å²) in [4.78, 5) is 37.0. The number of anilines is 2. The van der Waals surface area contributed by atoms with Crippen molar-refractivity contribution in [3.8, 4) is 0 Å². The van der Waals surface area contributed by atoms with Crippen molar-refractivity contribution in [3.05, 3.63) is 54.4 Å². The molecule has 0 radical (unpaired) electrons. The van der Waals surface area contributed by atoms with Crippen molar-refractivity contribution in [2.24, 2.45) is 0 Å². The second-order valence-corrected chi connectivity index (χ2v) is 9.08. The first-order valence-corrected chi connectivity index (χ1v) is 11.7. The van der Waals surface area contributed by atoms with E-state index < -0.39 is 5.41 Å². The Bertz CT molecular complexity index is 943. The molecule has 2 aromatic rings. The highest BCUT2D eigenvalue weighted by molar-refractivity contribution is 5.93. The van der Waals surface area contributed by atoms with E-state index in [1.54, 1.807) is 13.2 Å². The van der Waals surface area contributed by atoms with E-state index in [0.717, 1.165) is 56.9 Å². The summed E-state index contributed by atoms with van der Waals surface area (Å²) in [5.74, 6) is -0.123. The SMILES string of the molecule is CNC(=O)[C@]1(c2ccccn2)CCCN(CC(=O)Nc2ccc(N3CCN(C)CC3)cc2)C1. The molecule has 2 aliphatic rings. The molecule has 0 saturated carbocycles. The van der Waals surface area contributed by atoms with Crippen molar-refractivity contribution >= 4 is 23.2 Å². The molecule has 2 saturated heterocycles. The summed E-state index contributed by atoms with van der Waals surface area (Å²) < 4.78 is 0. The molecule has 3 heterocycles. The van der Waals surface area contributed by atoms with Crippen molar-refractivity contribution in [3.63, 3.8) is 0 Å². The molecule has 2 N–H and O–H groups in total. The Balaban J connectivity index is 1.37. The zero-order valence-electron chi connectivity index (χ0n) is 19.6. The number of piperidine rings is 1. The molecule has 8 nitrogen and oxygen atoms in total. The minimum Gasteiger partial charge on any atom is -0.369 e. The van der Waals surface area contributed by atoms with Crippen molar-refractivity contribution in [1.82, 2.24) is 20.1 Å². The van der Waals surface area contributed by atoms with Gasteiger partial charge in [0.2, 0.25) is 11.8 Å². The van der Waals surface area contributed by atoms with Gasteiger partial charge in [0.25, 0.3) is 0 Å². The van der Waals surface area contributed by atoms with E-state index >= 15 is 0 Å². The molecule has 0 bridgehead atoms. The molecular weight excluding hydrogens is 416 g/mol. The predicted octanol–water partition coefficient (Wildman–Crippen LogP) is 1.55. The van der Waals surface area contributed by atoms with Gasteiger partial charge in [0.1, 0.15) is 5.41 Å². The van der Waals surface area contributed by atoms with Crippen LogP contribution in [0.3, 0.4) is 0 Å². The van der Waals surface area contributed by atoms with E-state index in [1.165, 1.54) is 5.69 Å². The molecule has 2 fully saturated rings. The fourth-order valence-corrected chi connectivity index (χ4v) is 4.90. The van der Waals surface area contributed by atoms with Gasteiger partial charge in [-0.3, -0.25) is 19.5 Å². The van der Waals surface area contributed by atoms with Gasteiger partial charge in [0, 0.05) is 57.3 Å². The first-order valence-electron chi connectivity index (χ1n) is 11.7. The number of likely N-dealkylation sites (N-methyl/N-ethyl adjacent to an activating group) is 2. The summed E-state index contributed by atoms with van der Waals surface area (Å²) in [6, 6.07) is 13.7. The van der Waals surface area contributed by atoms with E-state index in [4.69, 9.17) is 0 Å². The first kappa shape index (κ1) is 23.2. The summed E-state index contributed by atoms with van der Waals surface area (Å²) in [7, 11) is 3.80. The molecule has 1 aromatic carbocycles. The number of pyridine rings is 1. The number of nitrogens with zero attached hydrogens (tertiary/aromatic N) is 4. The Morgan fingerprint density at radius 2 is 1.79 bits per heavy atom. The quantitative estimate of drug-likeness (QED) is 0.695. The Labute approximate surface area is 196 Å². The molecule has 33 heavy (non-hydrogen) atoms. The normalized spacial score (nSPS) is 22.1. The van der Waals surface area contributed by atoms with Crippen molar-refractivity contribution < 1.29 is 9.59 Å². The highest BCUT2D eigenvalue weighted by atomic mass is 16.2. The lowest BCUT2D eigenvalue weighted by Gasteiger charge is -2.40. The van der Waals surface area contributed by atoms with Crippen molar-refractivity contribution in [1.29, 1.82) is 0 Å². The second kappa shape index (κ2) is 10.3. The van der Waals surface area contributed by atoms with Gasteiger partial charge in [0.15, 0.2) is 0 Å². The zero-order valence-corrected chi connectivity index (χ0v) is 19.6. The summed E-state index contributed by atoms with van der Waals surface area (Å²) in [6.45, 7) is 5.64. The molecule has 1 atom stereocenters. The average Bonchev–Trinajstić information content (AvgIpc) is 2.85. The van der Waals surface area contributed by atoms with Gasteiger partial charge in [-0.25, -0.2) is 0 Å². The van der Waals surface area contributed by atoms with Crippen LogP contribution in [0.25, 0.3) is 0 Å². The van der Waals surface area contributed by atoms with Gasteiger partial charge in [-0.1, -0.05) is 6.07 Å². The molecular formula is C25H34N6O2. The van der Waals surface area contributed by atoms with Gasteiger partial charge < -0.3 is 20.4 Å². The Morgan fingerprint density at radius 1 is 1.03 bits per heavy atom. The van der Waals surface area contributed by atoms with Crippen LogP contribution in [0, 0.1) is 0 Å². The summed E-state index contributed by atoms with van der Waals surface area (Å²) in [6.07, 6.45) is 3.27. The number of rotatable bonds is 6. The van der Waals surface area contributed by atoms with E-state index in [9.17, 15) is 9.59 Å². The lowest BCUT2D eigenvalue weighted by Crippen LogP contribution is -2.55. The number of aromatic nitrogens is 1. The minimum absolute atomic E-state index is 0.0502. The molecule has 176 valence electrons. The fourth-order valence-electron chi connectivity index (χ4n) is 4.90. The number of carbonyl (C=O) groups excluding carboxylic acids is 2. The second-order valence-electron chi connectivity index (χ2n) is 9.08. The molecule has 8 heteroatoms. The summed E-state index contributed by atoms with van der Waals surface area (Å²) >= 11 is 0. The number of carbonyl (C=O) groups is 2. The maximum Gasteiger partial charge on any atom is 0.238 e. The lowest BCUT2D eigenvalue weighted by molar-refractivity contribution is -0.130. The third-order valence-corrected chi connectivity index (χ3v) is 6.78. The third kappa shape index (κ3) is 5.34. The highest BCUT2D eigenvalue weighted by Gasteiger charge is 2.44. The molecule has 0 aliphatic carbocycles. The molecule has 2 aliphatic heterocycles. The van der Waals surface area contributed by atoms with Crippen LogP contribution in [-0.2, 0) is 15.0 Å². The van der Waals surface area contributed by atoms with Crippen LogP contribution < -0.4 is 15.5 Å². The van der Waals surface area contributed by atoms with Crippen LogP contribution >= 0.6 is 0 Å². The molecule has 2 amide bonds. The topological polar surface area (TPSA) is 80.8 Å². The van der Waals surface area contributed by atoms with Crippen LogP contribution in [0.4, 0.5) is 11.4 Å². The number of nitrogens with one attached hydrogen (secondary N) is 2. The predicted molar refractivity (Wildman–Crippen MR) is 130 cm³/mol. The van der Waals surface area contributed by atoms with Crippen molar-refractivity contribution in [2.75, 3.05) is 70.1 Å². The monoisotopic (exact) mass is 450 g/mol. The molecule has 0 unspecified atom stereocenters. The molecule has 1 aromatic heterocycles. The van der Waals surface area contributed by atoms with Crippen LogP contribution in [0.5, 0.6) is 0 Å². The van der Waals surface area contributed by atoms with Crippen LogP contribution in [0.2, 0.25) is 0 Å². The number of benzene rings is 1. The Kier molecular flexibility index (Phi) is 7.25. The van der Waals surface area contributed by atoms with E-state index in [1.807, 2.05) is 30.3 Å². The molecule has 0 spiro atoms. The van der Waals surface area contributed by atoms with Gasteiger partial charge in [0.05, 0.1) is 12.2 Å². The summed E-state index contributed by atoms with van der Waals surface area (Å²) in [5.41, 5.74) is 1.99. The van der Waals surface area contributed by atoms with Gasteiger partial charge in [-0.15, -0.1) is 0 Å². The Hall–Kier alpha value is -2.97. The van der Waals surface area contributed by atoms with E-state index in [0.29, 0.717) is 6.54 Å². The number of likely N-dealkylation sites (tertiary alicyclic amines) is 1. The van der Waals surface area contributed by atoms with E-state index in [2.05, 4.69) is 49.5 Å². The van der Waals surface area contributed by atoms with Gasteiger partial charge >= 0.3 is 0 Å². The summed E-state index contributed by atoms with van der Waals surface area (Å²) in [5, 5.41) is 5.82. The lowest BCUT2D eigenvalue weighted by atomic mass is 9.75. The smallest absolute Gasteiger partial charge is 0.238 e. The first-order chi connectivity index (χ1) is 16.0. The van der Waals surface area contributed by atoms with Gasteiger partial charge in [-0.05, 0) is 62.8 Å². The maximum atomic E-state index is 12.9. The van der Waals surface area contributed by atoms with E-state index in [-0.39, 0.29) is 18.4 Å². The van der Waals surface area contributed by atoms with Crippen molar-refractivity contribution in [2.45, 2.75) is 18.3 Å². The van der Waals surface area contributed by atoms with Crippen LogP contribution in [-0.4, -0.2) is 86.5 Å². The zero-order chi connectivity index (χ0) is 23.3. The van der Waals surface area contributed by atoms with Crippen LogP contribution in [0.15, 0.2) is 48.7 Å². The van der Waals surface area contributed by atoms with Crippen LogP contribution in [0.1, 0.15) is 18.5 Å². The number of hydrogen-bond donors (Lipinski definition) is 2. The largest absolute Gasteiger partial charge is 0.369 e. The number of piperazine rings is 1. The maximum absolute atomic E-state index is 12.9. The third-order valence-electron chi connectivity index (χ3n) is 6.78. The van der Waals surface area contributed by atoms with Gasteiger partial charge in [-0.2, -0.15) is 0 Å². The highest BCUT2D eigenvalue weighted by Crippen LogP contribution is 2.33. The standard InChI is InChI=1S/C25H34N6O2/c1-26-24(33)25(22-6-3-4-12-27-22)11-5-13-30(19-25)18-23(32)28-20-7-9-21(10-8-20)31-16-14-29(2)15-17-31/h3-4,6-10,12H,5,11,13-19H2,1-2H3,(H,26,33)(H,28,32)/t25-/m1/s1. The number of hydrogen-bond acceptors (Lipinski definition) is 6.